The third kappa shape index (κ3) is 7.17. The van der Waals surface area contributed by atoms with Gasteiger partial charge >= 0.3 is 0 Å². The van der Waals surface area contributed by atoms with E-state index in [1.807, 2.05) is 18.2 Å². The molecular weight excluding hydrogens is 380 g/mol. The molecule has 1 saturated heterocycles. The van der Waals surface area contributed by atoms with E-state index in [4.69, 9.17) is 9.47 Å². The van der Waals surface area contributed by atoms with Crippen LogP contribution in [-0.2, 0) is 4.79 Å². The van der Waals surface area contributed by atoms with Gasteiger partial charge in [-0.15, -0.1) is 0 Å². The van der Waals surface area contributed by atoms with Gasteiger partial charge in [0.25, 0.3) is 0 Å². The molecule has 0 spiro atoms. The van der Waals surface area contributed by atoms with Gasteiger partial charge in [-0.05, 0) is 50.0 Å². The normalized spacial score (nSPS) is 17.8. The average molecular weight is 421 g/mol. The minimum absolute atomic E-state index is 0. The van der Waals surface area contributed by atoms with Crippen LogP contribution in [-0.4, -0.2) is 54.8 Å². The van der Waals surface area contributed by atoms with Gasteiger partial charge in [0.05, 0.1) is 6.04 Å². The average Bonchev–Trinajstić information content (AvgIpc) is 3.25. The van der Waals surface area contributed by atoms with Crippen molar-refractivity contribution in [2.24, 2.45) is 0 Å². The number of unbranched alkanes of at least 4 members (excludes halogenated alkanes) is 4. The van der Waals surface area contributed by atoms with Gasteiger partial charge in [0.15, 0.2) is 11.5 Å². The molecule has 170 valence electrons. The fourth-order valence-corrected chi connectivity index (χ4v) is 4.11. The summed E-state index contributed by atoms with van der Waals surface area (Å²) < 4.78 is 11.2. The number of carbonyl (C=O) groups is 1. The molecule has 1 aromatic carbocycles. The monoisotopic (exact) mass is 420 g/mol. The molecule has 0 bridgehead atoms. The topological polar surface area (TPSA) is 71.0 Å². The zero-order chi connectivity index (χ0) is 20.5. The van der Waals surface area contributed by atoms with Crippen LogP contribution < -0.4 is 14.8 Å². The summed E-state index contributed by atoms with van der Waals surface area (Å²) in [5.74, 6) is 1.40. The van der Waals surface area contributed by atoms with Crippen LogP contribution >= 0.6 is 0 Å². The zero-order valence-corrected chi connectivity index (χ0v) is 17.7. The molecule has 6 nitrogen and oxygen atoms in total. The molecule has 0 radical (unpaired) electrons. The van der Waals surface area contributed by atoms with Crippen LogP contribution in [0.25, 0.3) is 0 Å². The molecule has 2 aliphatic heterocycles. The van der Waals surface area contributed by atoms with Crippen molar-refractivity contribution in [1.29, 1.82) is 0 Å². The van der Waals surface area contributed by atoms with Crippen LogP contribution in [0.4, 0.5) is 0 Å². The lowest BCUT2D eigenvalue weighted by Gasteiger charge is -2.29. The number of fused-ring (bicyclic) bond motifs is 1. The van der Waals surface area contributed by atoms with E-state index in [0.717, 1.165) is 31.5 Å². The number of ether oxygens (including phenoxy) is 2. The maximum absolute atomic E-state index is 12.5. The summed E-state index contributed by atoms with van der Waals surface area (Å²) in [6.45, 7) is 5.96. The van der Waals surface area contributed by atoms with Crippen molar-refractivity contribution in [3.05, 3.63) is 23.8 Å². The van der Waals surface area contributed by atoms with E-state index in [1.54, 1.807) is 0 Å². The molecule has 2 N–H and O–H groups in total. The molecule has 6 heteroatoms. The van der Waals surface area contributed by atoms with Crippen LogP contribution in [0.5, 0.6) is 11.5 Å². The number of aliphatic hydroxyl groups is 1. The summed E-state index contributed by atoms with van der Waals surface area (Å²) in [5, 5.41) is 14.2. The molecule has 1 amide bonds. The van der Waals surface area contributed by atoms with Crippen LogP contribution in [0.3, 0.4) is 0 Å². The first-order chi connectivity index (χ1) is 14.2. The lowest BCUT2D eigenvalue weighted by molar-refractivity contribution is -0.123. The second kappa shape index (κ2) is 12.8. The molecule has 0 unspecified atom stereocenters. The van der Waals surface area contributed by atoms with Crippen LogP contribution in [0.15, 0.2) is 18.2 Å². The van der Waals surface area contributed by atoms with Gasteiger partial charge in [0.2, 0.25) is 5.91 Å². The number of likely N-dealkylation sites (tertiary alicyclic amines) is 1. The smallest absolute Gasteiger partial charge is 0.220 e. The summed E-state index contributed by atoms with van der Waals surface area (Å²) in [6, 6.07) is 5.22. The van der Waals surface area contributed by atoms with Crippen molar-refractivity contribution in [3.63, 3.8) is 0 Å². The first kappa shape index (κ1) is 24.5. The molecule has 0 aromatic heterocycles. The first-order valence-electron chi connectivity index (χ1n) is 11.3. The van der Waals surface area contributed by atoms with Crippen LogP contribution in [0.2, 0.25) is 0 Å². The quantitative estimate of drug-likeness (QED) is 0.528. The van der Waals surface area contributed by atoms with Gasteiger partial charge < -0.3 is 24.8 Å². The number of amides is 1. The summed E-state index contributed by atoms with van der Waals surface area (Å²) in [5.41, 5.74) is 0.752. The maximum atomic E-state index is 12.5. The number of rotatable bonds is 11. The van der Waals surface area contributed by atoms with Gasteiger partial charge in [-0.1, -0.05) is 46.1 Å². The van der Waals surface area contributed by atoms with Crippen molar-refractivity contribution < 1.29 is 19.4 Å². The van der Waals surface area contributed by atoms with Gasteiger partial charge in [-0.3, -0.25) is 4.79 Å². The fraction of sp³-hybridized carbons (Fsp3) is 0.708. The summed E-state index contributed by atoms with van der Waals surface area (Å²) >= 11 is 0. The number of nitrogens with zero attached hydrogens (tertiary/aromatic N) is 1. The van der Waals surface area contributed by atoms with Crippen LogP contribution in [0, 0.1) is 0 Å². The zero-order valence-electron chi connectivity index (χ0n) is 17.7. The lowest BCUT2D eigenvalue weighted by atomic mass is 10.0. The summed E-state index contributed by atoms with van der Waals surface area (Å²) in [6.07, 6.45) is 7.69. The molecule has 3 rings (SSSR count). The SMILES string of the molecule is C.CCCCCCCC(=O)N[C@H](CN1CCCC1)[C@H](O)c1ccc2c(c1)OCCO2. The number of carbonyl (C=O) groups excluding carboxylic acids is 1. The van der Waals surface area contributed by atoms with E-state index >= 15 is 0 Å². The molecule has 1 fully saturated rings. The molecule has 2 atom stereocenters. The van der Waals surface area contributed by atoms with Crippen molar-refractivity contribution in [1.82, 2.24) is 10.2 Å². The number of hydrogen-bond acceptors (Lipinski definition) is 5. The van der Waals surface area contributed by atoms with Crippen molar-refractivity contribution in [2.45, 2.75) is 77.9 Å². The number of hydrogen-bond donors (Lipinski definition) is 2. The number of aliphatic hydroxyl groups excluding tert-OH is 1. The molecule has 2 heterocycles. The maximum Gasteiger partial charge on any atom is 0.220 e. The second-order valence-corrected chi connectivity index (χ2v) is 8.19. The van der Waals surface area contributed by atoms with E-state index in [0.29, 0.717) is 37.7 Å². The van der Waals surface area contributed by atoms with E-state index in [9.17, 15) is 9.90 Å². The Morgan fingerprint density at radius 3 is 2.53 bits per heavy atom. The van der Waals surface area contributed by atoms with Gasteiger partial charge in [0.1, 0.15) is 19.3 Å². The Morgan fingerprint density at radius 2 is 1.80 bits per heavy atom. The summed E-state index contributed by atoms with van der Waals surface area (Å²) in [4.78, 5) is 14.9. The number of nitrogens with one attached hydrogen (secondary N) is 1. The first-order valence-corrected chi connectivity index (χ1v) is 11.3. The Hall–Kier alpha value is -1.79. The highest BCUT2D eigenvalue weighted by Crippen LogP contribution is 2.33. The van der Waals surface area contributed by atoms with Gasteiger partial charge in [-0.2, -0.15) is 0 Å². The Bertz CT molecular complexity index is 646. The Labute approximate surface area is 181 Å². The molecule has 0 saturated carbocycles. The Morgan fingerprint density at radius 1 is 1.10 bits per heavy atom. The predicted molar refractivity (Wildman–Crippen MR) is 120 cm³/mol. The second-order valence-electron chi connectivity index (χ2n) is 8.19. The molecule has 30 heavy (non-hydrogen) atoms. The number of benzene rings is 1. The van der Waals surface area contributed by atoms with E-state index in [1.165, 1.54) is 32.1 Å². The van der Waals surface area contributed by atoms with Crippen molar-refractivity contribution in [3.8, 4) is 11.5 Å². The van der Waals surface area contributed by atoms with E-state index < -0.39 is 6.10 Å². The lowest BCUT2D eigenvalue weighted by Crippen LogP contribution is -2.46. The fourth-order valence-electron chi connectivity index (χ4n) is 4.11. The third-order valence-electron chi connectivity index (χ3n) is 5.80. The highest BCUT2D eigenvalue weighted by atomic mass is 16.6. The van der Waals surface area contributed by atoms with Crippen LogP contribution in [0.1, 0.15) is 77.4 Å². The standard InChI is InChI=1S/C23H36N2O4.CH4/c1-2-3-4-5-6-9-22(26)24-19(17-25-12-7-8-13-25)23(27)18-10-11-20-21(16-18)29-15-14-28-20;/h10-11,16,19,23,27H,2-9,12-15,17H2,1H3,(H,24,26);1H4/t19-,23-;/m1./s1. The van der Waals surface area contributed by atoms with Gasteiger partial charge in [-0.25, -0.2) is 0 Å². The van der Waals surface area contributed by atoms with E-state index in [2.05, 4.69) is 17.1 Å². The molecular formula is C24H40N2O4. The Balaban J connectivity index is 0.00000320. The highest BCUT2D eigenvalue weighted by molar-refractivity contribution is 5.76. The van der Waals surface area contributed by atoms with E-state index in [-0.39, 0.29) is 19.4 Å². The molecule has 0 aliphatic carbocycles. The molecule has 1 aromatic rings. The Kier molecular flexibility index (Phi) is 10.4. The minimum atomic E-state index is -0.782. The minimum Gasteiger partial charge on any atom is -0.486 e. The largest absolute Gasteiger partial charge is 0.486 e. The van der Waals surface area contributed by atoms with Crippen molar-refractivity contribution in [2.75, 3.05) is 32.8 Å². The van der Waals surface area contributed by atoms with Crippen molar-refractivity contribution >= 4 is 5.91 Å². The highest BCUT2D eigenvalue weighted by Gasteiger charge is 2.27. The molecule has 2 aliphatic rings. The van der Waals surface area contributed by atoms with Gasteiger partial charge in [0, 0.05) is 13.0 Å². The predicted octanol–water partition coefficient (Wildman–Crippen LogP) is 4.07. The third-order valence-corrected chi connectivity index (χ3v) is 5.80. The summed E-state index contributed by atoms with van der Waals surface area (Å²) in [7, 11) is 0.